The van der Waals surface area contributed by atoms with Crippen LogP contribution in [-0.4, -0.2) is 17.9 Å². The van der Waals surface area contributed by atoms with E-state index in [1.807, 2.05) is 0 Å². The number of hydrogen-bond donors (Lipinski definition) is 0. The van der Waals surface area contributed by atoms with Crippen molar-refractivity contribution in [3.8, 4) is 0 Å². The van der Waals surface area contributed by atoms with Crippen LogP contribution in [0.15, 0.2) is 12.2 Å². The standard InChI is InChI=1S/C13H18O3/c1-9(14)16-12-8-7-10-5-3-2-4-6-11(12)13(10)15/h2,4,10-12H,3,5-8H2,1H3/b4-2-/t10-,11+,12+/m0/s1. The van der Waals surface area contributed by atoms with E-state index in [2.05, 4.69) is 12.2 Å². The van der Waals surface area contributed by atoms with Gasteiger partial charge in [0.2, 0.25) is 0 Å². The molecule has 0 amide bonds. The molecule has 0 N–H and O–H groups in total. The zero-order valence-electron chi connectivity index (χ0n) is 9.65. The number of ketones is 1. The van der Waals surface area contributed by atoms with Crippen molar-refractivity contribution in [3.05, 3.63) is 12.2 Å². The largest absolute Gasteiger partial charge is 0.462 e. The smallest absolute Gasteiger partial charge is 0.302 e. The molecule has 1 saturated carbocycles. The molecule has 2 rings (SSSR count). The molecule has 2 aliphatic rings. The summed E-state index contributed by atoms with van der Waals surface area (Å²) in [5.41, 5.74) is 0. The van der Waals surface area contributed by atoms with E-state index in [0.717, 1.165) is 32.1 Å². The Labute approximate surface area is 95.9 Å². The summed E-state index contributed by atoms with van der Waals surface area (Å²) < 4.78 is 5.25. The molecule has 0 unspecified atom stereocenters. The second-order valence-corrected chi connectivity index (χ2v) is 4.72. The summed E-state index contributed by atoms with van der Waals surface area (Å²) in [6.45, 7) is 1.41. The van der Waals surface area contributed by atoms with Crippen molar-refractivity contribution in [1.82, 2.24) is 0 Å². The Kier molecular flexibility index (Phi) is 3.42. The number of ether oxygens (including phenoxy) is 1. The van der Waals surface area contributed by atoms with Gasteiger partial charge in [-0.15, -0.1) is 0 Å². The van der Waals surface area contributed by atoms with E-state index in [1.165, 1.54) is 6.92 Å². The Morgan fingerprint density at radius 1 is 1.31 bits per heavy atom. The van der Waals surface area contributed by atoms with Gasteiger partial charge in [0.25, 0.3) is 0 Å². The van der Waals surface area contributed by atoms with E-state index in [9.17, 15) is 9.59 Å². The topological polar surface area (TPSA) is 43.4 Å². The van der Waals surface area contributed by atoms with Crippen molar-refractivity contribution >= 4 is 11.8 Å². The molecular weight excluding hydrogens is 204 g/mol. The lowest BCUT2D eigenvalue weighted by Crippen LogP contribution is -2.40. The highest BCUT2D eigenvalue weighted by Crippen LogP contribution is 2.34. The van der Waals surface area contributed by atoms with Crippen molar-refractivity contribution in [2.45, 2.75) is 45.1 Å². The minimum atomic E-state index is -0.276. The Balaban J connectivity index is 2.13. The molecular formula is C13H18O3. The van der Waals surface area contributed by atoms with Gasteiger partial charge in [0, 0.05) is 12.8 Å². The Morgan fingerprint density at radius 3 is 2.88 bits per heavy atom. The quantitative estimate of drug-likeness (QED) is 0.505. The summed E-state index contributed by atoms with van der Waals surface area (Å²) in [4.78, 5) is 23.1. The molecule has 3 nitrogen and oxygen atoms in total. The van der Waals surface area contributed by atoms with Crippen molar-refractivity contribution in [2.24, 2.45) is 11.8 Å². The molecule has 0 spiro atoms. The maximum atomic E-state index is 12.1. The van der Waals surface area contributed by atoms with Crippen molar-refractivity contribution in [2.75, 3.05) is 0 Å². The summed E-state index contributed by atoms with van der Waals surface area (Å²) in [7, 11) is 0. The highest BCUT2D eigenvalue weighted by atomic mass is 16.5. The molecule has 16 heavy (non-hydrogen) atoms. The summed E-state index contributed by atoms with van der Waals surface area (Å²) in [6.07, 6.45) is 8.41. The van der Waals surface area contributed by atoms with Crippen LogP contribution >= 0.6 is 0 Å². The van der Waals surface area contributed by atoms with Gasteiger partial charge in [0.15, 0.2) is 0 Å². The average molecular weight is 222 g/mol. The summed E-state index contributed by atoms with van der Waals surface area (Å²) >= 11 is 0. The van der Waals surface area contributed by atoms with E-state index in [0.29, 0.717) is 5.78 Å². The molecule has 1 fully saturated rings. The van der Waals surface area contributed by atoms with Crippen LogP contribution in [0.25, 0.3) is 0 Å². The van der Waals surface area contributed by atoms with E-state index in [-0.39, 0.29) is 23.9 Å². The predicted molar refractivity (Wildman–Crippen MR) is 59.8 cm³/mol. The molecule has 0 aromatic rings. The fourth-order valence-electron chi connectivity index (χ4n) is 2.76. The van der Waals surface area contributed by atoms with Crippen LogP contribution in [0.1, 0.15) is 39.0 Å². The molecule has 0 aliphatic heterocycles. The van der Waals surface area contributed by atoms with Crippen LogP contribution in [0, 0.1) is 11.8 Å². The van der Waals surface area contributed by atoms with E-state index >= 15 is 0 Å². The third-order valence-corrected chi connectivity index (χ3v) is 3.57. The van der Waals surface area contributed by atoms with Crippen LogP contribution in [0.5, 0.6) is 0 Å². The van der Waals surface area contributed by atoms with Crippen LogP contribution in [-0.2, 0) is 14.3 Å². The lowest BCUT2D eigenvalue weighted by Gasteiger charge is -2.34. The lowest BCUT2D eigenvalue weighted by molar-refractivity contribution is -0.155. The average Bonchev–Trinajstić information content (AvgIpc) is 2.22. The second-order valence-electron chi connectivity index (χ2n) is 4.72. The minimum absolute atomic E-state index is 0.0980. The minimum Gasteiger partial charge on any atom is -0.462 e. The van der Waals surface area contributed by atoms with E-state index < -0.39 is 0 Å². The predicted octanol–water partition coefficient (Wildman–Crippen LogP) is 2.25. The Hall–Kier alpha value is -1.12. The molecule has 0 aromatic carbocycles. The monoisotopic (exact) mass is 222 g/mol. The fraction of sp³-hybridized carbons (Fsp3) is 0.692. The Morgan fingerprint density at radius 2 is 2.12 bits per heavy atom. The first kappa shape index (κ1) is 11.4. The maximum absolute atomic E-state index is 12.1. The summed E-state index contributed by atoms with van der Waals surface area (Å²) in [5.74, 6) is 0.130. The number of esters is 1. The van der Waals surface area contributed by atoms with Gasteiger partial charge in [-0.25, -0.2) is 0 Å². The number of hydrogen-bond acceptors (Lipinski definition) is 3. The lowest BCUT2D eigenvalue weighted by atomic mass is 9.74. The SMILES string of the molecule is CC(=O)O[C@@H]1CC[C@@H]2CC/C=C\C[C@H]1C2=O. The molecule has 0 radical (unpaired) electrons. The van der Waals surface area contributed by atoms with Crippen molar-refractivity contribution < 1.29 is 14.3 Å². The zero-order chi connectivity index (χ0) is 11.5. The third-order valence-electron chi connectivity index (χ3n) is 3.57. The molecule has 0 aromatic heterocycles. The van der Waals surface area contributed by atoms with Gasteiger partial charge in [-0.2, -0.15) is 0 Å². The van der Waals surface area contributed by atoms with Gasteiger partial charge in [0.05, 0.1) is 5.92 Å². The first-order valence-corrected chi connectivity index (χ1v) is 6.04. The van der Waals surface area contributed by atoms with Crippen molar-refractivity contribution in [1.29, 1.82) is 0 Å². The van der Waals surface area contributed by atoms with Crippen molar-refractivity contribution in [3.63, 3.8) is 0 Å². The molecule has 0 saturated heterocycles. The summed E-state index contributed by atoms with van der Waals surface area (Å²) in [5, 5.41) is 0. The number of allylic oxidation sites excluding steroid dienone is 2. The second kappa shape index (κ2) is 4.81. The fourth-order valence-corrected chi connectivity index (χ4v) is 2.76. The molecule has 88 valence electrons. The Bertz CT molecular complexity index is 319. The van der Waals surface area contributed by atoms with Gasteiger partial charge in [0.1, 0.15) is 11.9 Å². The molecule has 0 heterocycles. The van der Waals surface area contributed by atoms with Gasteiger partial charge >= 0.3 is 5.97 Å². The van der Waals surface area contributed by atoms with Crippen LogP contribution in [0.2, 0.25) is 0 Å². The first-order chi connectivity index (χ1) is 7.68. The van der Waals surface area contributed by atoms with Gasteiger partial charge in [-0.3, -0.25) is 9.59 Å². The molecule has 2 bridgehead atoms. The van der Waals surface area contributed by atoms with Crippen LogP contribution in [0.3, 0.4) is 0 Å². The number of fused-ring (bicyclic) bond motifs is 2. The maximum Gasteiger partial charge on any atom is 0.302 e. The third kappa shape index (κ3) is 2.34. The highest BCUT2D eigenvalue weighted by molar-refractivity contribution is 5.85. The summed E-state index contributed by atoms with van der Waals surface area (Å²) in [6, 6.07) is 0. The van der Waals surface area contributed by atoms with Gasteiger partial charge < -0.3 is 4.74 Å². The highest BCUT2D eigenvalue weighted by Gasteiger charge is 2.39. The van der Waals surface area contributed by atoms with E-state index in [4.69, 9.17) is 4.74 Å². The molecule has 2 aliphatic carbocycles. The molecule has 3 heteroatoms. The van der Waals surface area contributed by atoms with Gasteiger partial charge in [-0.05, 0) is 32.1 Å². The van der Waals surface area contributed by atoms with Crippen LogP contribution < -0.4 is 0 Å². The normalized spacial score (nSPS) is 36.1. The van der Waals surface area contributed by atoms with Crippen LogP contribution in [0.4, 0.5) is 0 Å². The molecule has 3 atom stereocenters. The zero-order valence-corrected chi connectivity index (χ0v) is 9.65. The van der Waals surface area contributed by atoms with E-state index in [1.54, 1.807) is 0 Å². The first-order valence-electron chi connectivity index (χ1n) is 6.04. The number of rotatable bonds is 1. The van der Waals surface area contributed by atoms with Gasteiger partial charge in [-0.1, -0.05) is 12.2 Å². The number of carbonyl (C=O) groups excluding carboxylic acids is 2. The number of Topliss-reactive ketones (excluding diaryl/α,β-unsaturated/α-hetero) is 1. The number of carbonyl (C=O) groups is 2.